The van der Waals surface area contributed by atoms with Crippen LogP contribution in [0.3, 0.4) is 0 Å². The lowest BCUT2D eigenvalue weighted by molar-refractivity contribution is -0.385. The van der Waals surface area contributed by atoms with E-state index in [0.717, 1.165) is 25.8 Å². The van der Waals surface area contributed by atoms with E-state index in [4.69, 9.17) is 4.74 Å². The van der Waals surface area contributed by atoms with Gasteiger partial charge in [0.15, 0.2) is 5.75 Å². The maximum Gasteiger partial charge on any atom is 0.311 e. The number of nitro groups is 1. The van der Waals surface area contributed by atoms with E-state index in [9.17, 15) is 14.9 Å². The number of rotatable bonds is 11. The predicted octanol–water partition coefficient (Wildman–Crippen LogP) is 3.39. The molecule has 1 aliphatic rings. The number of hydrogen-bond acceptors (Lipinski definition) is 5. The first-order valence-electron chi connectivity index (χ1n) is 9.69. The quantitative estimate of drug-likeness (QED) is 0.277. The van der Waals surface area contributed by atoms with E-state index in [-0.39, 0.29) is 17.3 Å². The molecular formula is C20H29N3O4. The lowest BCUT2D eigenvalue weighted by Gasteiger charge is -2.13. The highest BCUT2D eigenvalue weighted by atomic mass is 16.6. The van der Waals surface area contributed by atoms with Crippen molar-refractivity contribution in [3.05, 3.63) is 40.0 Å². The highest BCUT2D eigenvalue weighted by molar-refractivity contribution is 5.91. The van der Waals surface area contributed by atoms with Gasteiger partial charge in [-0.25, -0.2) is 0 Å². The number of benzene rings is 1. The molecule has 0 unspecified atom stereocenters. The molecule has 1 saturated heterocycles. The molecule has 2 rings (SSSR count). The Morgan fingerprint density at radius 3 is 2.81 bits per heavy atom. The number of likely N-dealkylation sites (tertiary alicyclic amines) is 1. The second kappa shape index (κ2) is 11.3. The van der Waals surface area contributed by atoms with Crippen LogP contribution in [0.15, 0.2) is 24.3 Å². The van der Waals surface area contributed by atoms with Crippen LogP contribution in [0.5, 0.6) is 5.75 Å². The van der Waals surface area contributed by atoms with Gasteiger partial charge in [-0.1, -0.05) is 13.0 Å². The molecule has 27 heavy (non-hydrogen) atoms. The molecule has 1 N–H and O–H groups in total. The van der Waals surface area contributed by atoms with Crippen LogP contribution in [0, 0.1) is 10.1 Å². The summed E-state index contributed by atoms with van der Waals surface area (Å²) in [6, 6.07) is 4.70. The second-order valence-corrected chi connectivity index (χ2v) is 6.71. The molecule has 0 aliphatic carbocycles. The molecule has 0 saturated carbocycles. The molecule has 0 atom stereocenters. The molecule has 1 amide bonds. The molecule has 0 radical (unpaired) electrons. The number of nitrogens with zero attached hydrogens (tertiary/aromatic N) is 2. The molecule has 1 aromatic carbocycles. The van der Waals surface area contributed by atoms with Crippen LogP contribution in [0.1, 0.15) is 44.6 Å². The Hall–Kier alpha value is -2.41. The first-order valence-corrected chi connectivity index (χ1v) is 9.69. The Morgan fingerprint density at radius 1 is 1.33 bits per heavy atom. The van der Waals surface area contributed by atoms with Gasteiger partial charge in [-0.05, 0) is 69.4 Å². The molecule has 7 nitrogen and oxygen atoms in total. The maximum atomic E-state index is 11.9. The summed E-state index contributed by atoms with van der Waals surface area (Å²) in [7, 11) is 0. The highest BCUT2D eigenvalue weighted by Crippen LogP contribution is 2.28. The van der Waals surface area contributed by atoms with Crippen molar-refractivity contribution in [1.82, 2.24) is 10.2 Å². The van der Waals surface area contributed by atoms with Crippen molar-refractivity contribution in [1.29, 1.82) is 0 Å². The van der Waals surface area contributed by atoms with Crippen LogP contribution in [-0.2, 0) is 4.79 Å². The summed E-state index contributed by atoms with van der Waals surface area (Å²) < 4.78 is 5.39. The van der Waals surface area contributed by atoms with Crippen molar-refractivity contribution in [2.45, 2.75) is 39.0 Å². The molecular weight excluding hydrogens is 346 g/mol. The Bertz CT molecular complexity index is 655. The lowest BCUT2D eigenvalue weighted by atomic mass is 10.1. The van der Waals surface area contributed by atoms with Gasteiger partial charge in [0.05, 0.1) is 11.5 Å². The van der Waals surface area contributed by atoms with Crippen molar-refractivity contribution in [3.63, 3.8) is 0 Å². The SMILES string of the molecule is CCCOc1ccc(/C=C/C(=O)NCCCCN2CCCC2)cc1[N+](=O)[O-]. The van der Waals surface area contributed by atoms with E-state index in [1.165, 1.54) is 38.1 Å². The first kappa shape index (κ1) is 20.9. The first-order chi connectivity index (χ1) is 13.1. The summed E-state index contributed by atoms with van der Waals surface area (Å²) in [4.78, 5) is 25.1. The number of carbonyl (C=O) groups excluding carboxylic acids is 1. The number of amides is 1. The second-order valence-electron chi connectivity index (χ2n) is 6.71. The van der Waals surface area contributed by atoms with Crippen molar-refractivity contribution in [2.75, 3.05) is 32.8 Å². The third-order valence-corrected chi connectivity index (χ3v) is 4.47. The van der Waals surface area contributed by atoms with Crippen LogP contribution >= 0.6 is 0 Å². The van der Waals surface area contributed by atoms with Crippen LogP contribution in [0.4, 0.5) is 5.69 Å². The molecule has 7 heteroatoms. The number of unbranched alkanes of at least 4 members (excludes halogenated alkanes) is 1. The summed E-state index contributed by atoms with van der Waals surface area (Å²) in [5, 5.41) is 14.0. The van der Waals surface area contributed by atoms with Gasteiger partial charge in [0.25, 0.3) is 0 Å². The Labute approximate surface area is 160 Å². The third kappa shape index (κ3) is 7.38. The van der Waals surface area contributed by atoms with Crippen LogP contribution in [0.25, 0.3) is 6.08 Å². The minimum absolute atomic E-state index is 0.0899. The normalized spacial score (nSPS) is 14.6. The van der Waals surface area contributed by atoms with Gasteiger partial charge < -0.3 is 15.0 Å². The van der Waals surface area contributed by atoms with Crippen LogP contribution in [0.2, 0.25) is 0 Å². The van der Waals surface area contributed by atoms with Gasteiger partial charge in [-0.2, -0.15) is 0 Å². The standard InChI is InChI=1S/C20H29N3O4/c1-2-15-27-19-9-7-17(16-18(19)23(25)26)8-10-20(24)21-11-3-4-12-22-13-5-6-14-22/h7-10,16H,2-6,11-15H2,1H3,(H,21,24)/b10-8+. The number of hydrogen-bond donors (Lipinski definition) is 1. The van der Waals surface area contributed by atoms with Gasteiger partial charge in [0.2, 0.25) is 5.91 Å². The van der Waals surface area contributed by atoms with E-state index in [0.29, 0.717) is 18.7 Å². The highest BCUT2D eigenvalue weighted by Gasteiger charge is 2.15. The molecule has 1 aliphatic heterocycles. The minimum atomic E-state index is -0.469. The fourth-order valence-corrected chi connectivity index (χ4v) is 3.02. The van der Waals surface area contributed by atoms with Gasteiger partial charge in [0.1, 0.15) is 0 Å². The largest absolute Gasteiger partial charge is 0.487 e. The average Bonchev–Trinajstić information content (AvgIpc) is 3.18. The fraction of sp³-hybridized carbons (Fsp3) is 0.550. The molecule has 1 aromatic rings. The molecule has 0 aromatic heterocycles. The van der Waals surface area contributed by atoms with Gasteiger partial charge in [-0.15, -0.1) is 0 Å². The van der Waals surface area contributed by atoms with Gasteiger partial charge in [0, 0.05) is 18.7 Å². The van der Waals surface area contributed by atoms with Crippen molar-refractivity contribution in [2.24, 2.45) is 0 Å². The average molecular weight is 375 g/mol. The monoisotopic (exact) mass is 375 g/mol. The summed E-state index contributed by atoms with van der Waals surface area (Å²) in [5.74, 6) is 0.0617. The Morgan fingerprint density at radius 2 is 2.11 bits per heavy atom. The summed E-state index contributed by atoms with van der Waals surface area (Å²) in [6.07, 6.45) is 8.39. The van der Waals surface area contributed by atoms with E-state index in [2.05, 4.69) is 10.2 Å². The summed E-state index contributed by atoms with van der Waals surface area (Å²) >= 11 is 0. The fourth-order valence-electron chi connectivity index (χ4n) is 3.02. The van der Waals surface area contributed by atoms with Crippen molar-refractivity contribution in [3.8, 4) is 5.75 Å². The van der Waals surface area contributed by atoms with E-state index >= 15 is 0 Å². The molecule has 0 spiro atoms. The van der Waals surface area contributed by atoms with E-state index in [1.54, 1.807) is 18.2 Å². The number of nitrogens with one attached hydrogen (secondary N) is 1. The number of nitro benzene ring substituents is 1. The smallest absolute Gasteiger partial charge is 0.311 e. The zero-order valence-electron chi connectivity index (χ0n) is 16.0. The zero-order valence-corrected chi connectivity index (χ0v) is 16.0. The van der Waals surface area contributed by atoms with Gasteiger partial charge in [-0.3, -0.25) is 14.9 Å². The maximum absolute atomic E-state index is 11.9. The molecule has 148 valence electrons. The summed E-state index contributed by atoms with van der Waals surface area (Å²) in [6.45, 7) is 6.50. The van der Waals surface area contributed by atoms with E-state index < -0.39 is 4.92 Å². The zero-order chi connectivity index (χ0) is 19.5. The number of carbonyl (C=O) groups is 1. The third-order valence-electron chi connectivity index (χ3n) is 4.47. The number of ether oxygens (including phenoxy) is 1. The van der Waals surface area contributed by atoms with Crippen LogP contribution in [-0.4, -0.2) is 48.5 Å². The minimum Gasteiger partial charge on any atom is -0.487 e. The van der Waals surface area contributed by atoms with Crippen molar-refractivity contribution < 1.29 is 14.5 Å². The lowest BCUT2D eigenvalue weighted by Crippen LogP contribution is -2.24. The predicted molar refractivity (Wildman–Crippen MR) is 106 cm³/mol. The van der Waals surface area contributed by atoms with Crippen molar-refractivity contribution >= 4 is 17.7 Å². The Kier molecular flexibility index (Phi) is 8.77. The Balaban J connectivity index is 1.77. The molecule has 0 bridgehead atoms. The molecule has 1 heterocycles. The van der Waals surface area contributed by atoms with Gasteiger partial charge >= 0.3 is 5.69 Å². The van der Waals surface area contributed by atoms with E-state index in [1.807, 2.05) is 6.92 Å². The summed E-state index contributed by atoms with van der Waals surface area (Å²) in [5.41, 5.74) is 0.502. The topological polar surface area (TPSA) is 84.7 Å². The van der Waals surface area contributed by atoms with Crippen LogP contribution < -0.4 is 10.1 Å². The molecule has 1 fully saturated rings.